The van der Waals surface area contributed by atoms with Crippen LogP contribution in [0.5, 0.6) is 0 Å². The van der Waals surface area contributed by atoms with Gasteiger partial charge in [0, 0.05) is 17.7 Å². The molecule has 0 atom stereocenters. The van der Waals surface area contributed by atoms with E-state index in [1.807, 2.05) is 0 Å². The van der Waals surface area contributed by atoms with E-state index in [1.54, 1.807) is 5.32 Å². The van der Waals surface area contributed by atoms with Gasteiger partial charge in [0.15, 0.2) is 0 Å². The average molecular weight is 681 g/mol. The van der Waals surface area contributed by atoms with Crippen molar-refractivity contribution in [2.24, 2.45) is 0 Å². The van der Waals surface area contributed by atoms with Gasteiger partial charge in [0.2, 0.25) is 5.91 Å². The summed E-state index contributed by atoms with van der Waals surface area (Å²) in [5, 5.41) is -5.04. The van der Waals surface area contributed by atoms with Crippen LogP contribution >= 0.6 is 11.8 Å². The van der Waals surface area contributed by atoms with Crippen molar-refractivity contribution >= 4 is 27.8 Å². The molecule has 234 valence electrons. The van der Waals surface area contributed by atoms with Gasteiger partial charge >= 0.3 is 76.5 Å². The molecule has 5 nitrogen and oxygen atoms in total. The molecular weight excluding hydrogens is 668 g/mol. The summed E-state index contributed by atoms with van der Waals surface area (Å²) in [6.07, 6.45) is -9.33. The summed E-state index contributed by atoms with van der Waals surface area (Å²) in [6, 6.07) is 0. The van der Waals surface area contributed by atoms with Crippen LogP contribution in [0.4, 0.5) is 74.6 Å². The summed E-state index contributed by atoms with van der Waals surface area (Å²) in [5.41, 5.74) is -1.95. The monoisotopic (exact) mass is 681 g/mol. The Labute approximate surface area is 239 Å². The number of thioether (sulfide) groups is 1. The number of alkyl halides is 17. The number of amides is 1. The maximum absolute atomic E-state index is 13.7. The number of nitrogens with one attached hydrogen (secondary N) is 1. The number of halogens is 17. The van der Waals surface area contributed by atoms with Crippen molar-refractivity contribution < 1.29 is 122 Å². The van der Waals surface area contributed by atoms with Crippen LogP contribution in [0.3, 0.4) is 0 Å². The van der Waals surface area contributed by atoms with Crippen LogP contribution in [0.25, 0.3) is 0 Å². The Hall–Kier alpha value is -0.460. The molecule has 0 spiro atoms. The standard InChI is InChI=1S/C15H14F17NO4S2.Na/c1-7(2,5-39(35,36)37)33-6(34)3-4-38-15(31,32)13(26,27)11(22,23)9(18,19)8(16,17)10(20,21)12(24,25)14(28,29)30;/h3-5H2,1-2H3,(H,33,34)(H,35,36,37);/q;+1/p-1. The van der Waals surface area contributed by atoms with Crippen molar-refractivity contribution in [1.82, 2.24) is 5.32 Å². The molecule has 0 aliphatic heterocycles. The van der Waals surface area contributed by atoms with Gasteiger partial charge in [0.05, 0.1) is 15.9 Å². The van der Waals surface area contributed by atoms with Crippen molar-refractivity contribution in [3.63, 3.8) is 0 Å². The Morgan fingerprint density at radius 3 is 1.32 bits per heavy atom. The fraction of sp³-hybridized carbons (Fsp3) is 0.933. The molecule has 40 heavy (non-hydrogen) atoms. The fourth-order valence-electron chi connectivity index (χ4n) is 2.43. The van der Waals surface area contributed by atoms with E-state index < -0.39 is 98.2 Å². The average Bonchev–Trinajstić information content (AvgIpc) is 2.63. The predicted octanol–water partition coefficient (Wildman–Crippen LogP) is 2.52. The first-order valence-electron chi connectivity index (χ1n) is 9.16. The zero-order chi connectivity index (χ0) is 32.1. The molecular formula is C15H13F17NNaO4S2. The van der Waals surface area contributed by atoms with E-state index >= 15 is 0 Å². The Balaban J connectivity index is 0. The minimum Gasteiger partial charge on any atom is -0.748 e. The second-order valence-electron chi connectivity index (χ2n) is 8.19. The molecule has 1 N–H and O–H groups in total. The van der Waals surface area contributed by atoms with Gasteiger partial charge in [0.1, 0.15) is 0 Å². The van der Waals surface area contributed by atoms with E-state index in [0.717, 1.165) is 13.8 Å². The Morgan fingerprint density at radius 2 is 1.00 bits per heavy atom. The van der Waals surface area contributed by atoms with E-state index in [0.29, 0.717) is 0 Å². The topological polar surface area (TPSA) is 86.3 Å². The fourth-order valence-corrected chi connectivity index (χ4v) is 4.24. The van der Waals surface area contributed by atoms with Gasteiger partial charge in [-0.25, -0.2) is 8.42 Å². The van der Waals surface area contributed by atoms with Crippen molar-refractivity contribution in [1.29, 1.82) is 0 Å². The maximum Gasteiger partial charge on any atom is 1.00 e. The molecule has 0 aromatic rings. The Bertz CT molecular complexity index is 1010. The first kappa shape index (κ1) is 41.7. The van der Waals surface area contributed by atoms with Crippen LogP contribution in [0.2, 0.25) is 0 Å². The van der Waals surface area contributed by atoms with Gasteiger partial charge in [-0.3, -0.25) is 4.79 Å². The molecule has 0 aromatic carbocycles. The normalized spacial score (nSPS) is 15.5. The summed E-state index contributed by atoms with van der Waals surface area (Å²) in [7, 11) is -5.03. The molecule has 0 fully saturated rings. The van der Waals surface area contributed by atoms with E-state index in [2.05, 4.69) is 0 Å². The second kappa shape index (κ2) is 11.9. The van der Waals surface area contributed by atoms with Crippen LogP contribution < -0.4 is 34.9 Å². The number of hydrogen-bond donors (Lipinski definition) is 1. The second-order valence-corrected chi connectivity index (χ2v) is 10.8. The Kier molecular flexibility index (Phi) is 12.4. The molecule has 0 bridgehead atoms. The first-order chi connectivity index (χ1) is 16.6. The quantitative estimate of drug-likeness (QED) is 0.184. The molecule has 0 heterocycles. The minimum absolute atomic E-state index is 0. The summed E-state index contributed by atoms with van der Waals surface area (Å²) in [4.78, 5) is 11.6. The van der Waals surface area contributed by atoms with Gasteiger partial charge < -0.3 is 9.87 Å². The summed E-state index contributed by atoms with van der Waals surface area (Å²) in [5.74, 6) is -55.3. The van der Waals surface area contributed by atoms with Gasteiger partial charge in [-0.2, -0.15) is 74.6 Å². The van der Waals surface area contributed by atoms with Gasteiger partial charge in [-0.15, -0.1) is 0 Å². The van der Waals surface area contributed by atoms with Crippen molar-refractivity contribution in [2.45, 2.75) is 72.8 Å². The molecule has 0 saturated heterocycles. The smallest absolute Gasteiger partial charge is 0.748 e. The zero-order valence-electron chi connectivity index (χ0n) is 19.5. The van der Waals surface area contributed by atoms with Crippen LogP contribution in [-0.2, 0) is 14.9 Å². The molecule has 0 unspecified atom stereocenters. The summed E-state index contributed by atoms with van der Waals surface area (Å²) < 4.78 is 256. The van der Waals surface area contributed by atoms with Gasteiger partial charge in [0.25, 0.3) is 0 Å². The van der Waals surface area contributed by atoms with Crippen LogP contribution in [0.15, 0.2) is 0 Å². The SMILES string of the molecule is CC(C)(CS(=O)(=O)[O-])NC(=O)CCSC(F)(F)C(F)(F)C(F)(F)C(F)(F)C(F)(F)C(F)(F)C(F)(F)C(F)(F)F.[Na+]. The third-order valence-electron chi connectivity index (χ3n) is 4.32. The number of carbonyl (C=O) groups excluding carboxylic acids is 1. The molecule has 1 amide bonds. The predicted molar refractivity (Wildman–Crippen MR) is 94.5 cm³/mol. The van der Waals surface area contributed by atoms with Crippen LogP contribution in [0.1, 0.15) is 20.3 Å². The molecule has 0 aliphatic rings. The molecule has 25 heteroatoms. The summed E-state index contributed by atoms with van der Waals surface area (Å²) in [6.45, 7) is 1.72. The van der Waals surface area contributed by atoms with Crippen molar-refractivity contribution in [3.05, 3.63) is 0 Å². The maximum atomic E-state index is 13.7. The molecule has 0 aromatic heterocycles. The zero-order valence-corrected chi connectivity index (χ0v) is 23.1. The molecule has 0 radical (unpaired) electrons. The first-order valence-corrected chi connectivity index (χ1v) is 11.7. The van der Waals surface area contributed by atoms with E-state index in [9.17, 15) is 92.4 Å². The van der Waals surface area contributed by atoms with E-state index in [4.69, 9.17) is 0 Å². The van der Waals surface area contributed by atoms with Gasteiger partial charge in [-0.1, -0.05) is 11.8 Å². The number of hydrogen-bond acceptors (Lipinski definition) is 5. The largest absolute Gasteiger partial charge is 1.00 e. The van der Waals surface area contributed by atoms with E-state index in [-0.39, 0.29) is 29.6 Å². The van der Waals surface area contributed by atoms with Crippen molar-refractivity contribution in [3.8, 4) is 0 Å². The van der Waals surface area contributed by atoms with E-state index in [1.165, 1.54) is 0 Å². The van der Waals surface area contributed by atoms with Crippen LogP contribution in [-0.4, -0.2) is 82.9 Å². The third-order valence-corrected chi connectivity index (χ3v) is 6.42. The number of carbonyl (C=O) groups is 1. The minimum atomic E-state index is -8.74. The third kappa shape index (κ3) is 7.73. The van der Waals surface area contributed by atoms with Gasteiger partial charge in [-0.05, 0) is 13.8 Å². The molecule has 0 saturated carbocycles. The van der Waals surface area contributed by atoms with Crippen molar-refractivity contribution in [2.75, 3.05) is 11.5 Å². The van der Waals surface area contributed by atoms with Crippen LogP contribution in [0, 0.1) is 0 Å². The molecule has 0 aliphatic carbocycles. The molecule has 0 rings (SSSR count). The summed E-state index contributed by atoms with van der Waals surface area (Å²) >= 11 is -1.87. The Morgan fingerprint density at radius 1 is 0.675 bits per heavy atom. The number of rotatable bonds is 13.